The van der Waals surface area contributed by atoms with Crippen molar-refractivity contribution in [2.24, 2.45) is 10.9 Å². The summed E-state index contributed by atoms with van der Waals surface area (Å²) in [6.07, 6.45) is 3.80. The Balaban J connectivity index is 0.00000338. The molecule has 0 amide bonds. The molecular formula is C19H40IN5O. The van der Waals surface area contributed by atoms with Gasteiger partial charge in [-0.1, -0.05) is 6.92 Å². The summed E-state index contributed by atoms with van der Waals surface area (Å²) in [6.45, 7) is 17.0. The van der Waals surface area contributed by atoms with Crippen molar-refractivity contribution in [3.05, 3.63) is 0 Å². The monoisotopic (exact) mass is 481 g/mol. The van der Waals surface area contributed by atoms with Crippen LogP contribution in [0.25, 0.3) is 0 Å². The number of halogens is 1. The van der Waals surface area contributed by atoms with Gasteiger partial charge in [0.2, 0.25) is 0 Å². The maximum Gasteiger partial charge on any atom is 0.191 e. The zero-order valence-corrected chi connectivity index (χ0v) is 19.3. The van der Waals surface area contributed by atoms with Gasteiger partial charge in [0.1, 0.15) is 0 Å². The average Bonchev–Trinajstić information content (AvgIpc) is 2.64. The van der Waals surface area contributed by atoms with Gasteiger partial charge in [-0.3, -0.25) is 14.8 Å². The van der Waals surface area contributed by atoms with E-state index in [1.54, 1.807) is 0 Å². The largest absolute Gasteiger partial charge is 0.379 e. The summed E-state index contributed by atoms with van der Waals surface area (Å²) in [7, 11) is 0. The van der Waals surface area contributed by atoms with Gasteiger partial charge < -0.3 is 15.4 Å². The van der Waals surface area contributed by atoms with Crippen LogP contribution in [0.15, 0.2) is 4.99 Å². The summed E-state index contributed by atoms with van der Waals surface area (Å²) in [6, 6.07) is 0.524. The van der Waals surface area contributed by atoms with Gasteiger partial charge in [0, 0.05) is 32.2 Å². The molecule has 2 heterocycles. The molecule has 0 aliphatic carbocycles. The van der Waals surface area contributed by atoms with E-state index in [1.165, 1.54) is 25.9 Å². The molecule has 2 fully saturated rings. The minimum atomic E-state index is 0. The summed E-state index contributed by atoms with van der Waals surface area (Å²) < 4.78 is 5.40. The van der Waals surface area contributed by atoms with Crippen LogP contribution >= 0.6 is 24.0 Å². The van der Waals surface area contributed by atoms with E-state index in [0.29, 0.717) is 6.04 Å². The van der Waals surface area contributed by atoms with E-state index in [0.717, 1.165) is 70.8 Å². The molecule has 26 heavy (non-hydrogen) atoms. The first-order valence-corrected chi connectivity index (χ1v) is 10.3. The molecule has 2 aliphatic rings. The molecule has 2 N–H and O–H groups in total. The van der Waals surface area contributed by atoms with Gasteiger partial charge in [0.05, 0.1) is 19.8 Å². The van der Waals surface area contributed by atoms with Crippen LogP contribution in [-0.4, -0.2) is 87.4 Å². The second kappa shape index (κ2) is 14.0. The highest BCUT2D eigenvalue weighted by Crippen LogP contribution is 2.17. The molecule has 0 spiro atoms. The summed E-state index contributed by atoms with van der Waals surface area (Å²) in [4.78, 5) is 9.88. The summed E-state index contributed by atoms with van der Waals surface area (Å²) >= 11 is 0. The maximum absolute atomic E-state index is 5.40. The van der Waals surface area contributed by atoms with E-state index in [4.69, 9.17) is 9.73 Å². The number of aliphatic imine (C=N–C) groups is 1. The van der Waals surface area contributed by atoms with Crippen LogP contribution in [0.3, 0.4) is 0 Å². The van der Waals surface area contributed by atoms with E-state index in [-0.39, 0.29) is 24.0 Å². The van der Waals surface area contributed by atoms with Gasteiger partial charge in [-0.2, -0.15) is 0 Å². The topological polar surface area (TPSA) is 52.1 Å². The van der Waals surface area contributed by atoms with Gasteiger partial charge in [-0.05, 0) is 58.7 Å². The zero-order chi connectivity index (χ0) is 17.9. The van der Waals surface area contributed by atoms with Crippen LogP contribution in [0.2, 0.25) is 0 Å². The first kappa shape index (κ1) is 23.9. The molecule has 2 saturated heterocycles. The fourth-order valence-corrected chi connectivity index (χ4v) is 3.48. The average molecular weight is 481 g/mol. The zero-order valence-electron chi connectivity index (χ0n) is 17.0. The van der Waals surface area contributed by atoms with Crippen LogP contribution in [-0.2, 0) is 4.74 Å². The number of likely N-dealkylation sites (tertiary alicyclic amines) is 1. The Labute approximate surface area is 177 Å². The van der Waals surface area contributed by atoms with Crippen LogP contribution in [0.4, 0.5) is 0 Å². The van der Waals surface area contributed by atoms with Crippen molar-refractivity contribution in [3.8, 4) is 0 Å². The Morgan fingerprint density at radius 3 is 2.50 bits per heavy atom. The summed E-state index contributed by atoms with van der Waals surface area (Å²) in [5, 5.41) is 6.86. The van der Waals surface area contributed by atoms with E-state index in [1.807, 2.05) is 0 Å². The normalized spacial score (nSPS) is 21.9. The van der Waals surface area contributed by atoms with Gasteiger partial charge in [-0.15, -0.1) is 24.0 Å². The number of hydrogen-bond donors (Lipinski definition) is 2. The minimum absolute atomic E-state index is 0. The van der Waals surface area contributed by atoms with Crippen molar-refractivity contribution < 1.29 is 4.74 Å². The molecule has 0 aromatic heterocycles. The summed E-state index contributed by atoms with van der Waals surface area (Å²) in [5.41, 5.74) is 0. The molecular weight excluding hydrogens is 441 g/mol. The van der Waals surface area contributed by atoms with Crippen LogP contribution in [0, 0.1) is 5.92 Å². The van der Waals surface area contributed by atoms with Crippen molar-refractivity contribution in [1.29, 1.82) is 0 Å². The first-order valence-electron chi connectivity index (χ1n) is 10.3. The van der Waals surface area contributed by atoms with Crippen molar-refractivity contribution in [2.45, 2.75) is 46.1 Å². The SMILES string of the molecule is CCNC(=NCC(C)N1CCC(C)CC1)NCCCN1CCOCC1.I. The molecule has 7 heteroatoms. The van der Waals surface area contributed by atoms with Crippen LogP contribution < -0.4 is 10.6 Å². The number of hydrogen-bond acceptors (Lipinski definition) is 4. The van der Waals surface area contributed by atoms with E-state index in [9.17, 15) is 0 Å². The van der Waals surface area contributed by atoms with Crippen molar-refractivity contribution in [1.82, 2.24) is 20.4 Å². The van der Waals surface area contributed by atoms with E-state index in [2.05, 4.69) is 41.2 Å². The maximum atomic E-state index is 5.40. The van der Waals surface area contributed by atoms with Crippen LogP contribution in [0.1, 0.15) is 40.0 Å². The molecule has 0 aromatic rings. The van der Waals surface area contributed by atoms with Gasteiger partial charge in [0.15, 0.2) is 5.96 Å². The Hall–Kier alpha value is -0.120. The smallest absolute Gasteiger partial charge is 0.191 e. The molecule has 154 valence electrons. The van der Waals surface area contributed by atoms with Gasteiger partial charge in [-0.25, -0.2) is 0 Å². The highest BCUT2D eigenvalue weighted by atomic mass is 127. The van der Waals surface area contributed by atoms with Crippen molar-refractivity contribution in [2.75, 3.05) is 65.6 Å². The standard InChI is InChI=1S/C19H39N5O.HI/c1-4-20-19(21-8-5-9-23-12-14-25-15-13-23)22-16-18(3)24-10-6-17(2)7-11-24;/h17-18H,4-16H2,1-3H3,(H2,20,21,22);1H. The molecule has 0 radical (unpaired) electrons. The molecule has 0 saturated carbocycles. The lowest BCUT2D eigenvalue weighted by Crippen LogP contribution is -2.43. The lowest BCUT2D eigenvalue weighted by molar-refractivity contribution is 0.0376. The lowest BCUT2D eigenvalue weighted by atomic mass is 9.98. The first-order chi connectivity index (χ1) is 12.2. The fraction of sp³-hybridized carbons (Fsp3) is 0.947. The summed E-state index contributed by atoms with van der Waals surface area (Å²) in [5.74, 6) is 1.85. The Bertz CT molecular complexity index is 382. The highest BCUT2D eigenvalue weighted by molar-refractivity contribution is 14.0. The second-order valence-electron chi connectivity index (χ2n) is 7.52. The quantitative estimate of drug-likeness (QED) is 0.241. The third-order valence-electron chi connectivity index (χ3n) is 5.35. The van der Waals surface area contributed by atoms with Crippen molar-refractivity contribution in [3.63, 3.8) is 0 Å². The third-order valence-corrected chi connectivity index (χ3v) is 5.35. The van der Waals surface area contributed by atoms with E-state index < -0.39 is 0 Å². The third kappa shape index (κ3) is 9.19. The van der Waals surface area contributed by atoms with Gasteiger partial charge in [0.25, 0.3) is 0 Å². The Morgan fingerprint density at radius 2 is 1.85 bits per heavy atom. The van der Waals surface area contributed by atoms with Gasteiger partial charge >= 0.3 is 0 Å². The Morgan fingerprint density at radius 1 is 1.15 bits per heavy atom. The number of nitrogens with zero attached hydrogens (tertiary/aromatic N) is 3. The predicted molar refractivity (Wildman–Crippen MR) is 121 cm³/mol. The number of piperidine rings is 1. The molecule has 2 rings (SSSR count). The van der Waals surface area contributed by atoms with Crippen LogP contribution in [0.5, 0.6) is 0 Å². The minimum Gasteiger partial charge on any atom is -0.379 e. The number of nitrogens with one attached hydrogen (secondary N) is 2. The molecule has 1 unspecified atom stereocenters. The Kier molecular flexibility index (Phi) is 12.8. The van der Waals surface area contributed by atoms with E-state index >= 15 is 0 Å². The molecule has 2 aliphatic heterocycles. The number of ether oxygens (including phenoxy) is 1. The highest BCUT2D eigenvalue weighted by Gasteiger charge is 2.20. The number of morpholine rings is 1. The molecule has 0 bridgehead atoms. The lowest BCUT2D eigenvalue weighted by Gasteiger charge is -2.34. The van der Waals surface area contributed by atoms with Crippen molar-refractivity contribution >= 4 is 29.9 Å². The predicted octanol–water partition coefficient (Wildman–Crippen LogP) is 2.00. The second-order valence-corrected chi connectivity index (χ2v) is 7.52. The number of guanidine groups is 1. The molecule has 6 nitrogen and oxygen atoms in total. The molecule has 1 atom stereocenters. The fourth-order valence-electron chi connectivity index (χ4n) is 3.48. The molecule has 0 aromatic carbocycles. The number of rotatable bonds is 8.